The molecule has 0 amide bonds. The van der Waals surface area contributed by atoms with Crippen LogP contribution in [0.2, 0.25) is 0 Å². The lowest BCUT2D eigenvalue weighted by Gasteiger charge is -2.30. The van der Waals surface area contributed by atoms with E-state index in [-0.39, 0.29) is 11.9 Å². The van der Waals surface area contributed by atoms with Crippen LogP contribution in [0.15, 0.2) is 18.2 Å². The topological polar surface area (TPSA) is 21.3 Å². The van der Waals surface area contributed by atoms with Crippen LogP contribution in [-0.4, -0.2) is 13.7 Å². The summed E-state index contributed by atoms with van der Waals surface area (Å²) in [7, 11) is 1.56. The lowest BCUT2D eigenvalue weighted by Crippen LogP contribution is -2.26. The van der Waals surface area contributed by atoms with Crippen LogP contribution >= 0.6 is 0 Å². The van der Waals surface area contributed by atoms with Gasteiger partial charge in [0.15, 0.2) is 0 Å². The molecule has 0 radical (unpaired) electrons. The summed E-state index contributed by atoms with van der Waals surface area (Å²) in [6, 6.07) is 5.29. The normalized spacial score (nSPS) is 17.3. The van der Waals surface area contributed by atoms with Crippen LogP contribution in [0.1, 0.15) is 44.2 Å². The number of rotatable bonds is 6. The van der Waals surface area contributed by atoms with Crippen molar-refractivity contribution in [2.24, 2.45) is 5.92 Å². The predicted octanol–water partition coefficient (Wildman–Crippen LogP) is 3.68. The third-order valence-corrected chi connectivity index (χ3v) is 3.83. The highest BCUT2D eigenvalue weighted by Crippen LogP contribution is 2.35. The van der Waals surface area contributed by atoms with Crippen molar-refractivity contribution in [1.82, 2.24) is 5.32 Å². The molecule has 0 saturated heterocycles. The first-order chi connectivity index (χ1) is 8.74. The molecule has 1 unspecified atom stereocenters. The molecule has 3 heteroatoms. The van der Waals surface area contributed by atoms with Gasteiger partial charge in [-0.1, -0.05) is 32.3 Å². The maximum absolute atomic E-state index is 14.1. The highest BCUT2D eigenvalue weighted by atomic mass is 19.1. The van der Waals surface area contributed by atoms with E-state index in [1.54, 1.807) is 7.11 Å². The van der Waals surface area contributed by atoms with Crippen LogP contribution in [-0.2, 0) is 0 Å². The van der Waals surface area contributed by atoms with Crippen LogP contribution in [0.3, 0.4) is 0 Å². The molecule has 0 aliphatic heterocycles. The van der Waals surface area contributed by atoms with Gasteiger partial charge in [-0.3, -0.25) is 0 Å². The van der Waals surface area contributed by atoms with Gasteiger partial charge in [-0.15, -0.1) is 0 Å². The van der Waals surface area contributed by atoms with Gasteiger partial charge >= 0.3 is 0 Å². The first-order valence-corrected chi connectivity index (χ1v) is 6.81. The monoisotopic (exact) mass is 251 g/mol. The third-order valence-electron chi connectivity index (χ3n) is 3.83. The fourth-order valence-electron chi connectivity index (χ4n) is 2.55. The number of hydrogen-bond acceptors (Lipinski definition) is 2. The zero-order valence-electron chi connectivity index (χ0n) is 11.2. The minimum atomic E-state index is -0.167. The Morgan fingerprint density at radius 2 is 2.22 bits per heavy atom. The average Bonchev–Trinajstić information content (AvgIpc) is 2.32. The highest BCUT2D eigenvalue weighted by Gasteiger charge is 2.24. The Labute approximate surface area is 109 Å². The van der Waals surface area contributed by atoms with Crippen molar-refractivity contribution < 1.29 is 9.13 Å². The molecule has 1 saturated carbocycles. The molecule has 0 spiro atoms. The molecule has 18 heavy (non-hydrogen) atoms. The Kier molecular flexibility index (Phi) is 4.59. The van der Waals surface area contributed by atoms with Gasteiger partial charge in [0.2, 0.25) is 0 Å². The lowest BCUT2D eigenvalue weighted by atomic mass is 9.79. The van der Waals surface area contributed by atoms with Crippen LogP contribution in [0, 0.1) is 11.7 Å². The second kappa shape index (κ2) is 6.19. The molecule has 1 aliphatic rings. The lowest BCUT2D eigenvalue weighted by molar-refractivity contribution is 0.260. The summed E-state index contributed by atoms with van der Waals surface area (Å²) in [5.74, 6) is 1.17. The van der Waals surface area contributed by atoms with Crippen molar-refractivity contribution >= 4 is 0 Å². The Hall–Kier alpha value is -1.09. The van der Waals surface area contributed by atoms with Gasteiger partial charge in [0.25, 0.3) is 0 Å². The molecule has 1 aromatic rings. The van der Waals surface area contributed by atoms with E-state index in [9.17, 15) is 4.39 Å². The summed E-state index contributed by atoms with van der Waals surface area (Å²) in [4.78, 5) is 0. The molecule has 0 aromatic heterocycles. The van der Waals surface area contributed by atoms with Crippen molar-refractivity contribution in [2.45, 2.75) is 38.6 Å². The Morgan fingerprint density at radius 1 is 1.44 bits per heavy atom. The standard InChI is InChI=1S/C15H22FNO/c1-3-17-15(9-11-5-4-6-11)13-8-7-12(18-2)10-14(13)16/h7-8,10-11,15,17H,3-6,9H2,1-2H3. The molecule has 2 nitrogen and oxygen atoms in total. The first-order valence-electron chi connectivity index (χ1n) is 6.81. The number of hydrogen-bond donors (Lipinski definition) is 1. The summed E-state index contributed by atoms with van der Waals surface area (Å²) in [5, 5.41) is 3.40. The third kappa shape index (κ3) is 3.02. The average molecular weight is 251 g/mol. The van der Waals surface area contributed by atoms with E-state index < -0.39 is 0 Å². The molecule has 100 valence electrons. The highest BCUT2D eigenvalue weighted by molar-refractivity contribution is 5.31. The summed E-state index contributed by atoms with van der Waals surface area (Å²) in [5.41, 5.74) is 0.768. The first kappa shape index (κ1) is 13.3. The summed E-state index contributed by atoms with van der Waals surface area (Å²) in [6.45, 7) is 2.93. The number of ether oxygens (including phenoxy) is 1. The molecule has 1 atom stereocenters. The number of halogens is 1. The molecule has 2 rings (SSSR count). The fourth-order valence-corrected chi connectivity index (χ4v) is 2.55. The molecule has 1 aromatic carbocycles. The van der Waals surface area contributed by atoms with Gasteiger partial charge in [0.1, 0.15) is 11.6 Å². The van der Waals surface area contributed by atoms with Gasteiger partial charge < -0.3 is 10.1 Å². The fraction of sp³-hybridized carbons (Fsp3) is 0.600. The smallest absolute Gasteiger partial charge is 0.131 e. The number of nitrogens with one attached hydrogen (secondary N) is 1. The van der Waals surface area contributed by atoms with Crippen LogP contribution in [0.25, 0.3) is 0 Å². The number of benzene rings is 1. The molecule has 1 aliphatic carbocycles. The van der Waals surface area contributed by atoms with E-state index in [4.69, 9.17) is 4.74 Å². The number of methoxy groups -OCH3 is 1. The van der Waals surface area contributed by atoms with E-state index in [0.717, 1.165) is 24.4 Å². The van der Waals surface area contributed by atoms with Crippen LogP contribution < -0.4 is 10.1 Å². The van der Waals surface area contributed by atoms with E-state index in [2.05, 4.69) is 12.2 Å². The van der Waals surface area contributed by atoms with Gasteiger partial charge in [-0.2, -0.15) is 0 Å². The summed E-state index contributed by atoms with van der Waals surface area (Å²) in [6.07, 6.45) is 4.95. The molecular weight excluding hydrogens is 229 g/mol. The summed E-state index contributed by atoms with van der Waals surface area (Å²) < 4.78 is 19.1. The van der Waals surface area contributed by atoms with Crippen molar-refractivity contribution in [3.05, 3.63) is 29.6 Å². The minimum Gasteiger partial charge on any atom is -0.497 e. The van der Waals surface area contributed by atoms with Crippen molar-refractivity contribution in [3.8, 4) is 5.75 Å². The van der Waals surface area contributed by atoms with Gasteiger partial charge in [-0.05, 0) is 24.9 Å². The van der Waals surface area contributed by atoms with Gasteiger partial charge in [0.05, 0.1) is 7.11 Å². The largest absolute Gasteiger partial charge is 0.497 e. The van der Waals surface area contributed by atoms with E-state index >= 15 is 0 Å². The van der Waals surface area contributed by atoms with Crippen molar-refractivity contribution in [2.75, 3.05) is 13.7 Å². The second-order valence-electron chi connectivity index (χ2n) is 5.03. The summed E-state index contributed by atoms with van der Waals surface area (Å²) >= 11 is 0. The second-order valence-corrected chi connectivity index (χ2v) is 5.03. The maximum atomic E-state index is 14.1. The van der Waals surface area contributed by atoms with Crippen molar-refractivity contribution in [3.63, 3.8) is 0 Å². The SMILES string of the molecule is CCNC(CC1CCC1)c1ccc(OC)cc1F. The quantitative estimate of drug-likeness (QED) is 0.832. The molecule has 0 bridgehead atoms. The zero-order valence-corrected chi connectivity index (χ0v) is 11.2. The van der Waals surface area contributed by atoms with E-state index in [1.807, 2.05) is 12.1 Å². The molecule has 0 heterocycles. The van der Waals surface area contributed by atoms with Gasteiger partial charge in [0, 0.05) is 17.7 Å². The van der Waals surface area contributed by atoms with Crippen molar-refractivity contribution in [1.29, 1.82) is 0 Å². The predicted molar refractivity (Wildman–Crippen MR) is 71.3 cm³/mol. The van der Waals surface area contributed by atoms with Crippen LogP contribution in [0.5, 0.6) is 5.75 Å². The van der Waals surface area contributed by atoms with Gasteiger partial charge in [-0.25, -0.2) is 4.39 Å². The Bertz CT molecular complexity index is 390. The Balaban J connectivity index is 2.12. The van der Waals surface area contributed by atoms with E-state index in [0.29, 0.717) is 5.75 Å². The van der Waals surface area contributed by atoms with E-state index in [1.165, 1.54) is 25.3 Å². The molecule has 1 N–H and O–H groups in total. The molecular formula is C15H22FNO. The minimum absolute atomic E-state index is 0.131. The maximum Gasteiger partial charge on any atom is 0.131 e. The Morgan fingerprint density at radius 3 is 2.72 bits per heavy atom. The zero-order chi connectivity index (χ0) is 13.0. The van der Waals surface area contributed by atoms with Crippen LogP contribution in [0.4, 0.5) is 4.39 Å². The molecule has 1 fully saturated rings.